The Morgan fingerprint density at radius 2 is 2.05 bits per heavy atom. The molecule has 0 unspecified atom stereocenters. The van der Waals surface area contributed by atoms with E-state index in [-0.39, 0.29) is 0 Å². The Morgan fingerprint density at radius 1 is 1.26 bits per heavy atom. The van der Waals surface area contributed by atoms with Crippen LogP contribution in [0.3, 0.4) is 0 Å². The van der Waals surface area contributed by atoms with Crippen molar-refractivity contribution in [1.82, 2.24) is 9.97 Å². The van der Waals surface area contributed by atoms with Crippen molar-refractivity contribution in [1.29, 1.82) is 0 Å². The van der Waals surface area contributed by atoms with E-state index in [0.717, 1.165) is 36.0 Å². The highest BCUT2D eigenvalue weighted by Crippen LogP contribution is 2.23. The summed E-state index contributed by atoms with van der Waals surface area (Å²) in [6.07, 6.45) is 1.07. The minimum absolute atomic E-state index is 0.361. The van der Waals surface area contributed by atoms with Crippen molar-refractivity contribution in [2.75, 3.05) is 11.9 Å². The van der Waals surface area contributed by atoms with Gasteiger partial charge in [0.25, 0.3) is 0 Å². The van der Waals surface area contributed by atoms with Gasteiger partial charge in [-0.05, 0) is 31.4 Å². The Labute approximate surface area is 114 Å². The highest BCUT2D eigenvalue weighted by molar-refractivity contribution is 5.52. The van der Waals surface area contributed by atoms with Crippen LogP contribution < -0.4 is 5.32 Å². The summed E-state index contributed by atoms with van der Waals surface area (Å²) in [7, 11) is 0. The lowest BCUT2D eigenvalue weighted by molar-refractivity contribution is 0.543. The van der Waals surface area contributed by atoms with E-state index in [9.17, 15) is 0 Å². The Kier molecular flexibility index (Phi) is 4.20. The molecule has 4 heteroatoms. The third-order valence-electron chi connectivity index (χ3n) is 2.85. The fourth-order valence-electron chi connectivity index (χ4n) is 1.77. The first-order chi connectivity index (χ1) is 9.10. The molecule has 2 aromatic heterocycles. The Morgan fingerprint density at radius 3 is 2.63 bits per heavy atom. The summed E-state index contributed by atoms with van der Waals surface area (Å²) >= 11 is 0. The number of furan rings is 1. The number of nitrogens with zero attached hydrogens (tertiary/aromatic N) is 2. The van der Waals surface area contributed by atoms with E-state index < -0.39 is 0 Å². The zero-order chi connectivity index (χ0) is 13.8. The van der Waals surface area contributed by atoms with Crippen molar-refractivity contribution in [3.8, 4) is 11.6 Å². The molecule has 0 fully saturated rings. The standard InChI is InChI=1S/C15H21N3O/c1-5-8-16-14-9-12(10(2)3)17-15(18-14)13-7-6-11(4)19-13/h6-7,9-10H,5,8H2,1-4H3,(H,16,17,18). The highest BCUT2D eigenvalue weighted by Gasteiger charge is 2.11. The number of hydrogen-bond acceptors (Lipinski definition) is 4. The quantitative estimate of drug-likeness (QED) is 0.882. The molecule has 0 spiro atoms. The largest absolute Gasteiger partial charge is 0.458 e. The molecule has 0 saturated carbocycles. The first-order valence-corrected chi connectivity index (χ1v) is 6.79. The molecule has 2 aromatic rings. The van der Waals surface area contributed by atoms with Crippen LogP contribution in [0.15, 0.2) is 22.6 Å². The van der Waals surface area contributed by atoms with E-state index >= 15 is 0 Å². The molecule has 102 valence electrons. The third kappa shape index (κ3) is 3.34. The van der Waals surface area contributed by atoms with Crippen molar-refractivity contribution >= 4 is 5.82 Å². The predicted octanol–water partition coefficient (Wildman–Crippen LogP) is 3.99. The number of hydrogen-bond donors (Lipinski definition) is 1. The molecule has 0 atom stereocenters. The molecule has 19 heavy (non-hydrogen) atoms. The van der Waals surface area contributed by atoms with Crippen LogP contribution in [-0.2, 0) is 0 Å². The van der Waals surface area contributed by atoms with Gasteiger partial charge in [0.05, 0.1) is 0 Å². The predicted molar refractivity (Wildman–Crippen MR) is 77.3 cm³/mol. The van der Waals surface area contributed by atoms with Crippen LogP contribution >= 0.6 is 0 Å². The third-order valence-corrected chi connectivity index (χ3v) is 2.85. The van der Waals surface area contributed by atoms with Crippen LogP contribution in [0, 0.1) is 6.92 Å². The van der Waals surface area contributed by atoms with Gasteiger partial charge < -0.3 is 9.73 Å². The zero-order valence-electron chi connectivity index (χ0n) is 12.0. The van der Waals surface area contributed by atoms with E-state index in [0.29, 0.717) is 11.7 Å². The van der Waals surface area contributed by atoms with E-state index in [4.69, 9.17) is 4.42 Å². The van der Waals surface area contributed by atoms with Gasteiger partial charge in [-0.15, -0.1) is 0 Å². The first kappa shape index (κ1) is 13.6. The van der Waals surface area contributed by atoms with Gasteiger partial charge in [0.1, 0.15) is 11.6 Å². The Hall–Kier alpha value is -1.84. The van der Waals surface area contributed by atoms with Crippen LogP contribution in [0.5, 0.6) is 0 Å². The van der Waals surface area contributed by atoms with Gasteiger partial charge >= 0.3 is 0 Å². The van der Waals surface area contributed by atoms with Gasteiger partial charge in [-0.25, -0.2) is 9.97 Å². The molecule has 0 aliphatic heterocycles. The van der Waals surface area contributed by atoms with Crippen LogP contribution in [-0.4, -0.2) is 16.5 Å². The average Bonchev–Trinajstić information content (AvgIpc) is 2.82. The lowest BCUT2D eigenvalue weighted by Gasteiger charge is -2.10. The van der Waals surface area contributed by atoms with Crippen LogP contribution in [0.2, 0.25) is 0 Å². The second kappa shape index (κ2) is 5.87. The first-order valence-electron chi connectivity index (χ1n) is 6.79. The summed E-state index contributed by atoms with van der Waals surface area (Å²) in [5.41, 5.74) is 1.03. The average molecular weight is 259 g/mol. The summed E-state index contributed by atoms with van der Waals surface area (Å²) in [4.78, 5) is 9.10. The van der Waals surface area contributed by atoms with Gasteiger partial charge in [-0.3, -0.25) is 0 Å². The van der Waals surface area contributed by atoms with Gasteiger partial charge in [0.2, 0.25) is 0 Å². The summed E-state index contributed by atoms with van der Waals surface area (Å²) in [5, 5.41) is 3.31. The highest BCUT2D eigenvalue weighted by atomic mass is 16.3. The molecule has 0 radical (unpaired) electrons. The molecule has 1 N–H and O–H groups in total. The number of aromatic nitrogens is 2. The van der Waals surface area contributed by atoms with Crippen LogP contribution in [0.1, 0.15) is 44.6 Å². The molecule has 0 saturated heterocycles. The topological polar surface area (TPSA) is 51.0 Å². The van der Waals surface area contributed by atoms with Crippen molar-refractivity contribution < 1.29 is 4.42 Å². The summed E-state index contributed by atoms with van der Waals surface area (Å²) in [6.45, 7) is 9.22. The molecule has 4 nitrogen and oxygen atoms in total. The van der Waals surface area contributed by atoms with Crippen molar-refractivity contribution in [3.63, 3.8) is 0 Å². The van der Waals surface area contributed by atoms with Crippen LogP contribution in [0.4, 0.5) is 5.82 Å². The van der Waals surface area contributed by atoms with Gasteiger partial charge in [-0.1, -0.05) is 20.8 Å². The number of nitrogens with one attached hydrogen (secondary N) is 1. The lowest BCUT2D eigenvalue weighted by atomic mass is 10.1. The monoisotopic (exact) mass is 259 g/mol. The number of anilines is 1. The molecule has 0 aliphatic carbocycles. The summed E-state index contributed by atoms with van der Waals surface area (Å²) in [5.74, 6) is 3.47. The second-order valence-electron chi connectivity index (χ2n) is 4.99. The normalized spacial score (nSPS) is 11.0. The van der Waals surface area contributed by atoms with Gasteiger partial charge in [0.15, 0.2) is 11.6 Å². The maximum absolute atomic E-state index is 5.61. The van der Waals surface area contributed by atoms with Gasteiger partial charge in [-0.2, -0.15) is 0 Å². The summed E-state index contributed by atoms with van der Waals surface area (Å²) < 4.78 is 5.61. The van der Waals surface area contributed by atoms with E-state index in [1.54, 1.807) is 0 Å². The smallest absolute Gasteiger partial charge is 0.197 e. The number of aryl methyl sites for hydroxylation is 1. The SMILES string of the molecule is CCCNc1cc(C(C)C)nc(-c2ccc(C)o2)n1. The molecular weight excluding hydrogens is 238 g/mol. The fraction of sp³-hybridized carbons (Fsp3) is 0.467. The van der Waals surface area contributed by atoms with Crippen molar-refractivity contribution in [2.24, 2.45) is 0 Å². The lowest BCUT2D eigenvalue weighted by Crippen LogP contribution is -2.06. The Balaban J connectivity index is 2.39. The Bertz CT molecular complexity index is 546. The van der Waals surface area contributed by atoms with Crippen molar-refractivity contribution in [2.45, 2.75) is 40.0 Å². The van der Waals surface area contributed by atoms with Crippen LogP contribution in [0.25, 0.3) is 11.6 Å². The fourth-order valence-corrected chi connectivity index (χ4v) is 1.77. The molecule has 0 bridgehead atoms. The molecule has 0 aromatic carbocycles. The minimum Gasteiger partial charge on any atom is -0.458 e. The zero-order valence-corrected chi connectivity index (χ0v) is 12.0. The van der Waals surface area contributed by atoms with Gasteiger partial charge in [0, 0.05) is 18.3 Å². The maximum Gasteiger partial charge on any atom is 0.197 e. The van der Waals surface area contributed by atoms with E-state index in [2.05, 4.69) is 36.1 Å². The molecule has 2 rings (SSSR count). The maximum atomic E-state index is 5.61. The molecular formula is C15H21N3O. The molecule has 0 aliphatic rings. The summed E-state index contributed by atoms with van der Waals surface area (Å²) in [6, 6.07) is 5.86. The van der Waals surface area contributed by atoms with E-state index in [1.165, 1.54) is 0 Å². The van der Waals surface area contributed by atoms with Crippen molar-refractivity contribution in [3.05, 3.63) is 29.7 Å². The second-order valence-corrected chi connectivity index (χ2v) is 4.99. The molecule has 2 heterocycles. The van der Waals surface area contributed by atoms with E-state index in [1.807, 2.05) is 25.1 Å². The number of rotatable bonds is 5. The molecule has 0 amide bonds. The minimum atomic E-state index is 0.361.